The molecular weight excluding hydrogens is 1480 g/mol. The number of ketones is 1. The van der Waals surface area contributed by atoms with Crippen molar-refractivity contribution in [2.45, 2.75) is 151 Å². The third-order valence-corrected chi connectivity index (χ3v) is 27.4. The number of aryl methyl sites for hydroxylation is 1. The smallest absolute Gasteiger partial charge is 0.246 e. The number of β-amino-alcohol motifs (C(OH)–C–C–N with tert-alkyl or cyclic N) is 1. The van der Waals surface area contributed by atoms with Gasteiger partial charge in [0.05, 0.1) is 56.6 Å². The first-order valence-electron chi connectivity index (χ1n) is 38.3. The van der Waals surface area contributed by atoms with Crippen LogP contribution in [0.15, 0.2) is 147 Å². The number of thiazole rings is 1. The molecule has 586 valence electrons. The van der Waals surface area contributed by atoms with Crippen molar-refractivity contribution in [3.8, 4) is 10.4 Å². The monoisotopic (exact) mass is 1580 g/mol. The fourth-order valence-corrected chi connectivity index (χ4v) is 19.9. The molecule has 5 aromatic carbocycles. The second-order valence-corrected chi connectivity index (χ2v) is 37.8. The molecule has 5 heterocycles. The summed E-state index contributed by atoms with van der Waals surface area (Å²) in [4.78, 5) is 102. The van der Waals surface area contributed by atoms with Gasteiger partial charge in [-0.3, -0.25) is 38.6 Å². The number of hydrogen-bond donors (Lipinski definition) is 3. The van der Waals surface area contributed by atoms with Gasteiger partial charge in [-0.15, -0.1) is 23.1 Å². The molecule has 26 heteroatoms. The Morgan fingerprint density at radius 1 is 0.780 bits per heavy atom. The molecule has 4 fully saturated rings. The van der Waals surface area contributed by atoms with Gasteiger partial charge < -0.3 is 40.1 Å². The van der Waals surface area contributed by atoms with Crippen LogP contribution in [-0.4, -0.2) is 221 Å². The van der Waals surface area contributed by atoms with E-state index in [4.69, 9.17) is 16.3 Å². The highest BCUT2D eigenvalue weighted by Crippen LogP contribution is 2.45. The molecule has 6 aromatic rings. The number of aliphatic hydroxyl groups excluding tert-OH is 1. The molecule has 6 atom stereocenters. The molecule has 5 aliphatic rings. The number of anilines is 1. The Hall–Kier alpha value is -7.33. The Morgan fingerprint density at radius 2 is 1.45 bits per heavy atom. The maximum Gasteiger partial charge on any atom is 0.246 e. The summed E-state index contributed by atoms with van der Waals surface area (Å²) in [5, 5.41) is 17.4. The maximum absolute atomic E-state index is 14.8. The normalized spacial score (nSPS) is 20.0. The number of unbranched alkanes of at least 4 members (excludes halogenated alkanes) is 2. The quantitative estimate of drug-likeness (QED) is 0.0215. The molecule has 0 spiro atoms. The molecule has 11 rings (SSSR count). The number of rotatable bonds is 30. The van der Waals surface area contributed by atoms with Gasteiger partial charge in [-0.2, -0.15) is 0 Å². The van der Waals surface area contributed by atoms with Crippen LogP contribution in [0.3, 0.4) is 0 Å². The van der Waals surface area contributed by atoms with E-state index >= 15 is 0 Å². The van der Waals surface area contributed by atoms with E-state index in [1.807, 2.05) is 129 Å². The number of amides is 5. The Balaban J connectivity index is 0.626. The van der Waals surface area contributed by atoms with Crippen molar-refractivity contribution in [2.24, 2.45) is 16.7 Å². The largest absolute Gasteiger partial charge is 0.391 e. The van der Waals surface area contributed by atoms with E-state index in [-0.39, 0.29) is 70.3 Å². The first-order valence-corrected chi connectivity index (χ1v) is 44.0. The molecule has 1 aromatic heterocycles. The Kier molecular flexibility index (Phi) is 28.0. The molecule has 4 saturated heterocycles. The van der Waals surface area contributed by atoms with Crippen LogP contribution in [-0.2, 0) is 54.8 Å². The zero-order valence-electron chi connectivity index (χ0n) is 63.9. The van der Waals surface area contributed by atoms with Crippen LogP contribution in [0.4, 0.5) is 5.69 Å². The highest BCUT2D eigenvalue weighted by atomic mass is 35.5. The van der Waals surface area contributed by atoms with Crippen molar-refractivity contribution in [1.82, 2.24) is 40.1 Å². The second-order valence-electron chi connectivity index (χ2n) is 31.4. The van der Waals surface area contributed by atoms with Crippen LogP contribution in [0.1, 0.15) is 138 Å². The number of carbonyl (C=O) groups is 6. The number of hydrogen-bond acceptors (Lipinski definition) is 18. The SMILES string of the molecule is Cc1ncsc1-c1ccc([C@H](C)NC(=O)[C@@H]2C[C@@H](O)CN2C(=O)[C@@H](NC(=O)CCCCCC(=O)N2CCN(C(=O)C3(C)CCC(c4ccc(Cl)cc4)=C(CN4CCN(c5ccc(C(=O)CS(=O)(=O)c6ccc(C[C@H](CCN7CCOCC7)CSc7ccccc7)c(S(C)(=O)=O)c6)cc5)CC4)C3)CC2)C(C)(C)C)cc1. The molecule has 21 nitrogen and oxygen atoms in total. The van der Waals surface area contributed by atoms with Crippen LogP contribution in [0.5, 0.6) is 0 Å². The number of benzene rings is 5. The summed E-state index contributed by atoms with van der Waals surface area (Å²) in [5.74, 6) is -1.61. The number of halogens is 1. The summed E-state index contributed by atoms with van der Waals surface area (Å²) in [6.07, 6.45) is 5.59. The van der Waals surface area contributed by atoms with Gasteiger partial charge in [0.2, 0.25) is 29.5 Å². The van der Waals surface area contributed by atoms with Gasteiger partial charge >= 0.3 is 0 Å². The zero-order valence-corrected chi connectivity index (χ0v) is 67.9. The van der Waals surface area contributed by atoms with E-state index in [0.717, 1.165) is 89.0 Å². The predicted molar refractivity (Wildman–Crippen MR) is 430 cm³/mol. The molecule has 1 aliphatic carbocycles. The summed E-state index contributed by atoms with van der Waals surface area (Å²) in [5.41, 5.74) is 8.48. The number of allylic oxidation sites excluding steroid dienone is 1. The molecule has 5 amide bonds. The second kappa shape index (κ2) is 36.9. The van der Waals surface area contributed by atoms with E-state index < -0.39 is 66.1 Å². The Morgan fingerprint density at radius 3 is 2.11 bits per heavy atom. The molecular formula is C83H106ClN9O12S4. The standard InChI is InChI=1S/C83H106ClN9O12S4/c1-57(60-18-20-63(21-19-60)77-58(2)85-56-107-77)86-79(98)72-49-68(94)53-93(72)80(99)78(82(3,4)5)87-75(96)16-12-9-13-17-76(97)91-40-42-92(43-41-91)81(100)83(6)34-32-71(61-22-27-66(84)28-23-61)65(51-83)52-89-36-38-90(39-37-89)67-29-24-62(25-30-67)73(95)55-109(103,104)70-31-26-64(74(50-70)108(7,101)102)48-59(33-35-88-44-46-105-47-45-88)54-106-69-14-10-8-11-15-69/h8,10-11,14-15,18-31,50,56-57,59,68,72,78,94H,9,12-13,16-17,32-49,51-55H2,1-7H3,(H,86,98)(H,87,96)/t57-,59-,68+,72-,78+,83?/m0/s1. The van der Waals surface area contributed by atoms with Crippen LogP contribution in [0, 0.1) is 23.7 Å². The highest BCUT2D eigenvalue weighted by Gasteiger charge is 2.46. The van der Waals surface area contributed by atoms with Crippen molar-refractivity contribution in [3.05, 3.63) is 165 Å². The fourth-order valence-electron chi connectivity index (χ4n) is 15.6. The first-order chi connectivity index (χ1) is 52.0. The Labute approximate surface area is 656 Å². The number of sulfone groups is 2. The fraction of sp³-hybridized carbons (Fsp3) is 0.506. The van der Waals surface area contributed by atoms with Crippen molar-refractivity contribution in [1.29, 1.82) is 0 Å². The number of nitrogens with one attached hydrogen (secondary N) is 2. The number of aromatic nitrogens is 1. The van der Waals surface area contributed by atoms with E-state index in [0.29, 0.717) is 121 Å². The van der Waals surface area contributed by atoms with Crippen LogP contribution < -0.4 is 15.5 Å². The number of piperazine rings is 2. The topological polar surface area (TPSA) is 257 Å². The molecule has 1 unspecified atom stereocenters. The van der Waals surface area contributed by atoms with Gasteiger partial charge in [0.1, 0.15) is 17.8 Å². The molecule has 109 heavy (non-hydrogen) atoms. The van der Waals surface area contributed by atoms with Crippen LogP contribution >= 0.6 is 34.7 Å². The lowest BCUT2D eigenvalue weighted by Crippen LogP contribution is -2.57. The lowest BCUT2D eigenvalue weighted by molar-refractivity contribution is -0.146. The van der Waals surface area contributed by atoms with Gasteiger partial charge in [0, 0.05) is 131 Å². The van der Waals surface area contributed by atoms with Gasteiger partial charge in [-0.05, 0) is 165 Å². The van der Waals surface area contributed by atoms with Crippen LogP contribution in [0.25, 0.3) is 16.0 Å². The van der Waals surface area contributed by atoms with E-state index in [9.17, 15) is 50.7 Å². The Bertz CT molecular complexity index is 4440. The minimum atomic E-state index is -4.25. The summed E-state index contributed by atoms with van der Waals surface area (Å²) in [7, 11) is -8.11. The molecule has 3 N–H and O–H groups in total. The summed E-state index contributed by atoms with van der Waals surface area (Å²) in [6.45, 7) is 20.5. The van der Waals surface area contributed by atoms with Crippen molar-refractivity contribution < 1.29 is 55.4 Å². The van der Waals surface area contributed by atoms with Gasteiger partial charge in [0.25, 0.3) is 0 Å². The van der Waals surface area contributed by atoms with Crippen molar-refractivity contribution in [3.63, 3.8) is 0 Å². The number of morpholine rings is 1. The lowest BCUT2D eigenvalue weighted by Gasteiger charge is -2.43. The summed E-state index contributed by atoms with van der Waals surface area (Å²) >= 11 is 9.68. The van der Waals surface area contributed by atoms with E-state index in [1.165, 1.54) is 28.2 Å². The summed E-state index contributed by atoms with van der Waals surface area (Å²) in [6, 6.07) is 34.9. The molecule has 4 aliphatic heterocycles. The average molecular weight is 1590 g/mol. The molecule has 0 bridgehead atoms. The minimum Gasteiger partial charge on any atom is -0.391 e. The van der Waals surface area contributed by atoms with Crippen molar-refractivity contribution in [2.75, 3.05) is 121 Å². The van der Waals surface area contributed by atoms with E-state index in [2.05, 4.69) is 49.4 Å². The number of nitrogens with zero attached hydrogens (tertiary/aromatic N) is 7. The minimum absolute atomic E-state index is 0.00423. The number of likely N-dealkylation sites (tertiary alicyclic amines) is 1. The van der Waals surface area contributed by atoms with Gasteiger partial charge in [-0.1, -0.05) is 112 Å². The van der Waals surface area contributed by atoms with Gasteiger partial charge in [0.15, 0.2) is 25.5 Å². The third kappa shape index (κ3) is 21.9. The predicted octanol–water partition coefficient (Wildman–Crippen LogP) is 11.3. The molecule has 0 saturated carbocycles. The number of carbonyl (C=O) groups excluding carboxylic acids is 6. The van der Waals surface area contributed by atoms with E-state index in [1.54, 1.807) is 41.3 Å². The average Bonchev–Trinajstić information content (AvgIpc) is 1.24. The van der Waals surface area contributed by atoms with Gasteiger partial charge in [-0.25, -0.2) is 21.8 Å². The third-order valence-electron chi connectivity index (χ3n) is 22.1. The number of thioether (sulfide) groups is 1. The maximum atomic E-state index is 14.8. The first kappa shape index (κ1) is 82.6. The highest BCUT2D eigenvalue weighted by molar-refractivity contribution is 7.99. The number of aliphatic hydroxyl groups is 1. The van der Waals surface area contributed by atoms with Crippen LogP contribution in [0.2, 0.25) is 5.02 Å². The number of ether oxygens (including phenoxy) is 1. The van der Waals surface area contributed by atoms with Crippen molar-refractivity contribution >= 4 is 101 Å². The zero-order chi connectivity index (χ0) is 77.8. The lowest BCUT2D eigenvalue weighted by atomic mass is 9.70. The number of Topliss-reactive ketones (excluding diaryl/α,β-unsaturated/α-hetero) is 1. The molecule has 0 radical (unpaired) electrons. The summed E-state index contributed by atoms with van der Waals surface area (Å²) < 4.78 is 60.4.